The van der Waals surface area contributed by atoms with Crippen LogP contribution in [0.2, 0.25) is 0 Å². The summed E-state index contributed by atoms with van der Waals surface area (Å²) in [5.74, 6) is 0.261. The molecule has 1 rings (SSSR count). The van der Waals surface area contributed by atoms with Crippen molar-refractivity contribution < 1.29 is 4.79 Å². The van der Waals surface area contributed by atoms with Crippen molar-refractivity contribution in [3.8, 4) is 0 Å². The number of Topliss-reactive ketones (excluding diaryl/α,β-unsaturated/α-hetero) is 1. The molecule has 76 valence electrons. The monoisotopic (exact) mass is 248 g/mol. The van der Waals surface area contributed by atoms with Crippen LogP contribution in [0.4, 0.5) is 0 Å². The van der Waals surface area contributed by atoms with Gasteiger partial charge in [0, 0.05) is 10.8 Å². The molecule has 1 aromatic carbocycles. The molecule has 0 aromatic heterocycles. The van der Waals surface area contributed by atoms with Gasteiger partial charge in [0.15, 0.2) is 5.78 Å². The van der Waals surface area contributed by atoms with Crippen LogP contribution >= 0.6 is 35.8 Å². The van der Waals surface area contributed by atoms with Gasteiger partial charge in [0.1, 0.15) is 5.38 Å². The Labute approximate surface area is 98.8 Å². The largest absolute Gasteiger partial charge is 0.298 e. The molecule has 1 nitrogen and oxygen atoms in total. The van der Waals surface area contributed by atoms with E-state index < -0.39 is 5.38 Å². The number of hydrogen-bond acceptors (Lipinski definition) is 2. The molecular formula is C10H10Cl2OS. The molecule has 0 radical (unpaired) electrons. The third-order valence-electron chi connectivity index (χ3n) is 1.90. The number of ketones is 1. The van der Waals surface area contributed by atoms with E-state index in [0.717, 1.165) is 16.0 Å². The Hall–Kier alpha value is -0.180. The Morgan fingerprint density at radius 1 is 1.57 bits per heavy atom. The van der Waals surface area contributed by atoms with Gasteiger partial charge in [-0.25, -0.2) is 0 Å². The van der Waals surface area contributed by atoms with Crippen LogP contribution < -0.4 is 0 Å². The summed E-state index contributed by atoms with van der Waals surface area (Å²) < 4.78 is 0. The van der Waals surface area contributed by atoms with Crippen molar-refractivity contribution in [2.45, 2.75) is 23.1 Å². The number of hydrogen-bond donors (Lipinski definition) is 1. The molecular weight excluding hydrogens is 239 g/mol. The van der Waals surface area contributed by atoms with Crippen LogP contribution in [0.3, 0.4) is 0 Å². The normalized spacial score (nSPS) is 12.6. The van der Waals surface area contributed by atoms with Crippen LogP contribution in [-0.2, 0) is 10.7 Å². The third kappa shape index (κ3) is 2.66. The van der Waals surface area contributed by atoms with Crippen molar-refractivity contribution >= 4 is 41.6 Å². The first-order chi connectivity index (χ1) is 6.56. The maximum absolute atomic E-state index is 11.1. The smallest absolute Gasteiger partial charge is 0.152 e. The molecule has 14 heavy (non-hydrogen) atoms. The van der Waals surface area contributed by atoms with Gasteiger partial charge < -0.3 is 0 Å². The second-order valence-electron chi connectivity index (χ2n) is 2.99. The van der Waals surface area contributed by atoms with E-state index in [4.69, 9.17) is 23.2 Å². The summed E-state index contributed by atoms with van der Waals surface area (Å²) >= 11 is 15.9. The molecule has 0 aliphatic rings. The fraction of sp³-hybridized carbons (Fsp3) is 0.300. The van der Waals surface area contributed by atoms with Crippen LogP contribution in [0.25, 0.3) is 0 Å². The minimum Gasteiger partial charge on any atom is -0.298 e. The molecule has 0 saturated carbocycles. The molecule has 4 heteroatoms. The van der Waals surface area contributed by atoms with Crippen molar-refractivity contribution in [2.75, 3.05) is 0 Å². The molecule has 1 aromatic rings. The minimum atomic E-state index is -0.629. The summed E-state index contributed by atoms with van der Waals surface area (Å²) in [5.41, 5.74) is 1.63. The molecule has 0 amide bonds. The number of alkyl halides is 2. The standard InChI is InChI=1S/C10H10Cl2OS/c1-6(13)10(12)9-4-8(14)3-2-7(9)5-11/h2-4,10,14H,5H2,1H3. The summed E-state index contributed by atoms with van der Waals surface area (Å²) in [6.45, 7) is 1.46. The van der Waals surface area contributed by atoms with Gasteiger partial charge >= 0.3 is 0 Å². The highest BCUT2D eigenvalue weighted by Gasteiger charge is 2.16. The average Bonchev–Trinajstić information content (AvgIpc) is 2.16. The van der Waals surface area contributed by atoms with Gasteiger partial charge in [-0.2, -0.15) is 0 Å². The van der Waals surface area contributed by atoms with E-state index in [2.05, 4.69) is 12.6 Å². The van der Waals surface area contributed by atoms with E-state index in [-0.39, 0.29) is 5.78 Å². The van der Waals surface area contributed by atoms with E-state index in [1.165, 1.54) is 6.92 Å². The molecule has 0 heterocycles. The van der Waals surface area contributed by atoms with Gasteiger partial charge in [-0.3, -0.25) is 4.79 Å². The summed E-state index contributed by atoms with van der Waals surface area (Å²) in [4.78, 5) is 11.9. The Balaban J connectivity index is 3.16. The van der Waals surface area contributed by atoms with Crippen LogP contribution in [0, 0.1) is 0 Å². The number of carbonyl (C=O) groups is 1. The number of benzene rings is 1. The number of thiol groups is 1. The van der Waals surface area contributed by atoms with Crippen molar-refractivity contribution in [3.05, 3.63) is 29.3 Å². The first-order valence-electron chi connectivity index (χ1n) is 4.08. The maximum atomic E-state index is 11.1. The molecule has 0 saturated heterocycles. The summed E-state index contributed by atoms with van der Waals surface area (Å²) in [6, 6.07) is 5.44. The molecule has 0 aliphatic carbocycles. The summed E-state index contributed by atoms with van der Waals surface area (Å²) in [6.07, 6.45) is 0. The Bertz CT molecular complexity index is 352. The van der Waals surface area contributed by atoms with Gasteiger partial charge in [0.05, 0.1) is 0 Å². The van der Waals surface area contributed by atoms with Crippen molar-refractivity contribution in [1.82, 2.24) is 0 Å². The fourth-order valence-electron chi connectivity index (χ4n) is 1.16. The Morgan fingerprint density at radius 2 is 2.21 bits per heavy atom. The van der Waals surface area contributed by atoms with Gasteiger partial charge in [-0.15, -0.1) is 35.8 Å². The first kappa shape index (κ1) is 11.9. The van der Waals surface area contributed by atoms with Crippen LogP contribution in [0.1, 0.15) is 23.4 Å². The first-order valence-corrected chi connectivity index (χ1v) is 5.50. The fourth-order valence-corrected chi connectivity index (χ4v) is 1.82. The van der Waals surface area contributed by atoms with Crippen LogP contribution in [0.5, 0.6) is 0 Å². The molecule has 1 unspecified atom stereocenters. The van der Waals surface area contributed by atoms with Crippen molar-refractivity contribution in [1.29, 1.82) is 0 Å². The van der Waals surface area contributed by atoms with Gasteiger partial charge in [-0.05, 0) is 30.2 Å². The quantitative estimate of drug-likeness (QED) is 0.640. The Kier molecular flexibility index (Phi) is 4.30. The van der Waals surface area contributed by atoms with E-state index in [1.807, 2.05) is 12.1 Å². The SMILES string of the molecule is CC(=O)C(Cl)c1cc(S)ccc1CCl. The average molecular weight is 249 g/mol. The molecule has 0 spiro atoms. The molecule has 0 fully saturated rings. The number of halogens is 2. The predicted molar refractivity (Wildman–Crippen MR) is 62.5 cm³/mol. The number of carbonyl (C=O) groups excluding carboxylic acids is 1. The molecule has 1 atom stereocenters. The number of rotatable bonds is 3. The van der Waals surface area contributed by atoms with E-state index in [0.29, 0.717) is 5.88 Å². The minimum absolute atomic E-state index is 0.0861. The highest BCUT2D eigenvalue weighted by molar-refractivity contribution is 7.80. The zero-order valence-corrected chi connectivity index (χ0v) is 10.0. The maximum Gasteiger partial charge on any atom is 0.152 e. The van der Waals surface area contributed by atoms with E-state index in [1.54, 1.807) is 6.07 Å². The van der Waals surface area contributed by atoms with Crippen molar-refractivity contribution in [2.24, 2.45) is 0 Å². The lowest BCUT2D eigenvalue weighted by atomic mass is 10.0. The van der Waals surface area contributed by atoms with Crippen LogP contribution in [-0.4, -0.2) is 5.78 Å². The van der Waals surface area contributed by atoms with Gasteiger partial charge in [0.2, 0.25) is 0 Å². The lowest BCUT2D eigenvalue weighted by molar-refractivity contribution is -0.116. The Morgan fingerprint density at radius 3 is 2.71 bits per heavy atom. The van der Waals surface area contributed by atoms with Gasteiger partial charge in [-0.1, -0.05) is 6.07 Å². The predicted octanol–water partition coefficient (Wildman–Crippen LogP) is 3.58. The molecule has 0 aliphatic heterocycles. The topological polar surface area (TPSA) is 17.1 Å². The second-order valence-corrected chi connectivity index (χ2v) is 4.21. The zero-order valence-electron chi connectivity index (χ0n) is 7.63. The van der Waals surface area contributed by atoms with E-state index >= 15 is 0 Å². The zero-order chi connectivity index (χ0) is 10.7. The highest BCUT2D eigenvalue weighted by Crippen LogP contribution is 2.28. The molecule has 0 bridgehead atoms. The summed E-state index contributed by atoms with van der Waals surface area (Å²) in [7, 11) is 0. The lowest BCUT2D eigenvalue weighted by Gasteiger charge is -2.11. The molecule has 0 N–H and O–H groups in total. The highest BCUT2D eigenvalue weighted by atomic mass is 35.5. The van der Waals surface area contributed by atoms with Gasteiger partial charge in [0.25, 0.3) is 0 Å². The van der Waals surface area contributed by atoms with Crippen LogP contribution in [0.15, 0.2) is 23.1 Å². The second kappa shape index (κ2) is 5.06. The lowest BCUT2D eigenvalue weighted by Crippen LogP contribution is -2.04. The summed E-state index contributed by atoms with van der Waals surface area (Å²) in [5, 5.41) is -0.629. The van der Waals surface area contributed by atoms with E-state index in [9.17, 15) is 4.79 Å². The van der Waals surface area contributed by atoms with Crippen molar-refractivity contribution in [3.63, 3.8) is 0 Å². The third-order valence-corrected chi connectivity index (χ3v) is 3.01.